The van der Waals surface area contributed by atoms with Crippen LogP contribution in [0.15, 0.2) is 42.7 Å². The Morgan fingerprint density at radius 3 is 1.95 bits per heavy atom. The van der Waals surface area contributed by atoms with Crippen LogP contribution in [0.4, 0.5) is 0 Å². The van der Waals surface area contributed by atoms with Gasteiger partial charge in [0.15, 0.2) is 30.5 Å². The van der Waals surface area contributed by atoms with E-state index in [1.165, 1.54) is 76.2 Å². The molecule has 0 atom stereocenters. The van der Waals surface area contributed by atoms with Crippen molar-refractivity contribution in [2.24, 2.45) is 0 Å². The van der Waals surface area contributed by atoms with Crippen LogP contribution in [0.25, 0.3) is 0 Å². The highest BCUT2D eigenvalue weighted by molar-refractivity contribution is 5.77. The van der Waals surface area contributed by atoms with Gasteiger partial charge in [0, 0.05) is 25.1 Å². The Morgan fingerprint density at radius 2 is 1.36 bits per heavy atom. The fourth-order valence-electron chi connectivity index (χ4n) is 4.65. The number of aromatic nitrogens is 1. The number of carbonyl (C=O) groups excluding carboxylic acids is 1. The average molecular weight is 542 g/mol. The molecule has 0 aliphatic carbocycles. The zero-order chi connectivity index (χ0) is 28.0. The number of unbranched alkanes of at least 4 members (excludes halogenated alkanes) is 11. The number of para-hydroxylation sites is 1. The highest BCUT2D eigenvalue weighted by atomic mass is 16.5. The molecule has 0 spiro atoms. The van der Waals surface area contributed by atoms with E-state index in [1.807, 2.05) is 12.1 Å². The van der Waals surface area contributed by atoms with E-state index in [0.717, 1.165) is 25.8 Å². The molecule has 1 aromatic heterocycles. The van der Waals surface area contributed by atoms with Crippen LogP contribution in [0.1, 0.15) is 103 Å². The lowest BCUT2D eigenvalue weighted by atomic mass is 10.1. The summed E-state index contributed by atoms with van der Waals surface area (Å²) in [4.78, 5) is 12.3. The Kier molecular flexibility index (Phi) is 17.6. The molecule has 0 unspecified atom stereocenters. The van der Waals surface area contributed by atoms with Gasteiger partial charge in [-0.25, -0.2) is 4.57 Å². The molecule has 1 aromatic carbocycles. The summed E-state index contributed by atoms with van der Waals surface area (Å²) in [5.41, 5.74) is 1.20. The molecule has 6 heteroatoms. The van der Waals surface area contributed by atoms with Gasteiger partial charge in [-0.05, 0) is 30.5 Å². The second-order valence-corrected chi connectivity index (χ2v) is 10.4. The second kappa shape index (κ2) is 21.1. The number of benzene rings is 1. The first kappa shape index (κ1) is 32.5. The third kappa shape index (κ3) is 14.3. The van der Waals surface area contributed by atoms with Gasteiger partial charge in [0.1, 0.15) is 6.54 Å². The molecule has 1 heterocycles. The molecule has 0 radical (unpaired) electrons. The summed E-state index contributed by atoms with van der Waals surface area (Å²) in [6.45, 7) is 6.60. The molecule has 2 rings (SSSR count). The van der Waals surface area contributed by atoms with Crippen molar-refractivity contribution in [3.05, 3.63) is 48.3 Å². The molecule has 2 aromatic rings. The van der Waals surface area contributed by atoms with Crippen molar-refractivity contribution in [3.63, 3.8) is 0 Å². The van der Waals surface area contributed by atoms with Crippen molar-refractivity contribution in [2.75, 3.05) is 26.9 Å². The first-order valence-corrected chi connectivity index (χ1v) is 15.3. The third-order valence-corrected chi connectivity index (χ3v) is 6.94. The van der Waals surface area contributed by atoms with E-state index in [1.54, 1.807) is 13.2 Å². The summed E-state index contributed by atoms with van der Waals surface area (Å²) in [5, 5.41) is 2.93. The average Bonchev–Trinajstić information content (AvgIpc) is 2.95. The van der Waals surface area contributed by atoms with Crippen molar-refractivity contribution in [1.82, 2.24) is 5.32 Å². The minimum Gasteiger partial charge on any atom is -0.490 e. The number of rotatable bonds is 23. The molecule has 0 aliphatic rings. The van der Waals surface area contributed by atoms with Crippen LogP contribution in [0.3, 0.4) is 0 Å². The van der Waals surface area contributed by atoms with E-state index in [2.05, 4.69) is 48.3 Å². The molecule has 1 amide bonds. The maximum absolute atomic E-state index is 12.3. The number of methoxy groups -OCH3 is 1. The monoisotopic (exact) mass is 541 g/mol. The van der Waals surface area contributed by atoms with Gasteiger partial charge in [0.25, 0.3) is 5.91 Å². The van der Waals surface area contributed by atoms with Gasteiger partial charge in [-0.1, -0.05) is 90.5 Å². The summed E-state index contributed by atoms with van der Waals surface area (Å²) in [5.74, 6) is 1.55. The van der Waals surface area contributed by atoms with Crippen LogP contribution in [0.2, 0.25) is 0 Å². The number of nitrogens with one attached hydrogen (secondary N) is 1. The summed E-state index contributed by atoms with van der Waals surface area (Å²) in [7, 11) is 1.60. The highest BCUT2D eigenvalue weighted by Gasteiger charge is 2.13. The standard InChI is InChI=1S/C33H52N2O4/c1-4-6-7-8-9-10-11-12-13-14-15-16-27-38-30-18-17-19-31(33(30)37-3)39-28-32(36)34-23-20-29-21-25-35(24-5-2)26-22-29/h17-19,21-22,25-26H,4-16,20,23-24,27-28H2,1-3H3/p+1. The largest absolute Gasteiger partial charge is 0.490 e. The van der Waals surface area contributed by atoms with Gasteiger partial charge in [-0.2, -0.15) is 0 Å². The molecule has 1 N–H and O–H groups in total. The SMILES string of the molecule is CCCCCCCCCCCCCCOc1cccc(OCC(=O)NCCc2cc[n+](CCC)cc2)c1OC. The van der Waals surface area contributed by atoms with Crippen molar-refractivity contribution in [2.45, 2.75) is 110 Å². The summed E-state index contributed by atoms with van der Waals surface area (Å²) in [6.07, 6.45) is 21.9. The van der Waals surface area contributed by atoms with Crippen LogP contribution in [-0.4, -0.2) is 32.8 Å². The number of pyridine rings is 1. The number of hydrogen-bond acceptors (Lipinski definition) is 4. The maximum Gasteiger partial charge on any atom is 0.257 e. The van der Waals surface area contributed by atoms with Gasteiger partial charge < -0.3 is 19.5 Å². The second-order valence-electron chi connectivity index (χ2n) is 10.4. The Bertz CT molecular complexity index is 901. The van der Waals surface area contributed by atoms with E-state index in [0.29, 0.717) is 30.4 Å². The van der Waals surface area contributed by atoms with Gasteiger partial charge in [0.05, 0.1) is 13.7 Å². The highest BCUT2D eigenvalue weighted by Crippen LogP contribution is 2.37. The van der Waals surface area contributed by atoms with Crippen LogP contribution in [0.5, 0.6) is 17.2 Å². The number of nitrogens with zero attached hydrogens (tertiary/aromatic N) is 1. The predicted molar refractivity (Wildman–Crippen MR) is 159 cm³/mol. The lowest BCUT2D eigenvalue weighted by Crippen LogP contribution is -2.33. The summed E-state index contributed by atoms with van der Waals surface area (Å²) < 4.78 is 19.5. The fourth-order valence-corrected chi connectivity index (χ4v) is 4.65. The van der Waals surface area contributed by atoms with Gasteiger partial charge >= 0.3 is 0 Å². The molecule has 6 nitrogen and oxygen atoms in total. The van der Waals surface area contributed by atoms with Gasteiger partial charge in [0.2, 0.25) is 5.75 Å². The molecule has 39 heavy (non-hydrogen) atoms. The zero-order valence-corrected chi connectivity index (χ0v) is 24.8. The fraction of sp³-hybridized carbons (Fsp3) is 0.636. The van der Waals surface area contributed by atoms with Crippen LogP contribution >= 0.6 is 0 Å². The molecular weight excluding hydrogens is 488 g/mol. The molecule has 0 bridgehead atoms. The zero-order valence-electron chi connectivity index (χ0n) is 24.8. The van der Waals surface area contributed by atoms with Crippen molar-refractivity contribution < 1.29 is 23.6 Å². The summed E-state index contributed by atoms with van der Waals surface area (Å²) in [6, 6.07) is 9.76. The Labute approximate surface area is 237 Å². The van der Waals surface area contributed by atoms with E-state index >= 15 is 0 Å². The third-order valence-electron chi connectivity index (χ3n) is 6.94. The molecular formula is C33H53N2O4+. The van der Waals surface area contributed by atoms with E-state index in [-0.39, 0.29) is 12.5 Å². The van der Waals surface area contributed by atoms with Crippen LogP contribution in [0, 0.1) is 0 Å². The van der Waals surface area contributed by atoms with Gasteiger partial charge in [-0.3, -0.25) is 4.79 Å². The first-order chi connectivity index (χ1) is 19.2. The lowest BCUT2D eigenvalue weighted by molar-refractivity contribution is -0.697. The van der Waals surface area contributed by atoms with E-state index < -0.39 is 0 Å². The molecule has 0 aliphatic heterocycles. The maximum atomic E-state index is 12.3. The van der Waals surface area contributed by atoms with E-state index in [9.17, 15) is 4.79 Å². The minimum atomic E-state index is -0.156. The topological polar surface area (TPSA) is 60.7 Å². The number of aryl methyl sites for hydroxylation is 1. The van der Waals surface area contributed by atoms with Gasteiger partial charge in [-0.15, -0.1) is 0 Å². The lowest BCUT2D eigenvalue weighted by Gasteiger charge is -2.15. The van der Waals surface area contributed by atoms with Crippen LogP contribution in [-0.2, 0) is 17.8 Å². The predicted octanol–water partition coefficient (Wildman–Crippen LogP) is 7.21. The number of ether oxygens (including phenoxy) is 3. The Balaban J connectivity index is 1.60. The van der Waals surface area contributed by atoms with E-state index in [4.69, 9.17) is 14.2 Å². The first-order valence-electron chi connectivity index (χ1n) is 15.3. The minimum absolute atomic E-state index is 0.0656. The molecule has 0 saturated heterocycles. The van der Waals surface area contributed by atoms with Crippen molar-refractivity contribution >= 4 is 5.91 Å². The van der Waals surface area contributed by atoms with Crippen molar-refractivity contribution in [3.8, 4) is 17.2 Å². The summed E-state index contributed by atoms with van der Waals surface area (Å²) >= 11 is 0. The smallest absolute Gasteiger partial charge is 0.257 e. The number of carbonyl (C=O) groups is 1. The van der Waals surface area contributed by atoms with Crippen LogP contribution < -0.4 is 24.1 Å². The Morgan fingerprint density at radius 1 is 0.769 bits per heavy atom. The quantitative estimate of drug-likeness (QED) is 0.119. The number of hydrogen-bond donors (Lipinski definition) is 1. The number of amides is 1. The Hall–Kier alpha value is -2.76. The molecule has 0 saturated carbocycles. The molecule has 218 valence electrons. The normalized spacial score (nSPS) is 10.8. The van der Waals surface area contributed by atoms with Crippen molar-refractivity contribution in [1.29, 1.82) is 0 Å². The molecule has 0 fully saturated rings.